The van der Waals surface area contributed by atoms with Gasteiger partial charge in [0.05, 0.1) is 36.9 Å². The number of hydrogen-bond donors (Lipinski definition) is 3. The summed E-state index contributed by atoms with van der Waals surface area (Å²) in [7, 11) is 3.50. The van der Waals surface area contributed by atoms with Crippen molar-refractivity contribution in [3.63, 3.8) is 0 Å². The first-order valence-corrected chi connectivity index (χ1v) is 19.5. The Bertz CT molecular complexity index is 2040. The molecule has 266 valence electrons. The van der Waals surface area contributed by atoms with Crippen molar-refractivity contribution in [1.82, 2.24) is 29.4 Å². The Morgan fingerprint density at radius 2 is 1.82 bits per heavy atom. The Morgan fingerprint density at radius 1 is 1.16 bits per heavy atom. The van der Waals surface area contributed by atoms with Crippen molar-refractivity contribution in [1.29, 1.82) is 5.26 Å². The number of nitrogens with zero attached hydrogens (tertiary/aromatic N) is 6. The Hall–Kier alpha value is -4.05. The molecule has 0 atom stereocenters. The first-order chi connectivity index (χ1) is 23.9. The maximum Gasteiger partial charge on any atom is 0.333 e. The number of nitriles is 1. The molecule has 3 aromatic heterocycles. The second-order valence-corrected chi connectivity index (χ2v) is 12.7. The Balaban J connectivity index is 0.000000887. The number of halogens is 2. The molecule has 0 aliphatic heterocycles. The van der Waals surface area contributed by atoms with E-state index in [2.05, 4.69) is 25.3 Å². The SMILES string of the molecule is Cc1c(-n2nccn2)sc2c1c(=O)n(C(C)(C)C(=O)NC(C)C)c(=O)n2CCc1cc(F)ccc1OCc1ccccc1.N#CCCO.SI. The van der Waals surface area contributed by atoms with E-state index in [4.69, 9.17) is 15.1 Å². The fraction of sp³-hybridized carbons (Fsp3) is 0.353. The standard InChI is InChI=1S/C31H33FN6O4S.C3H5NO.HIS/c1-19(2)35-29(40)31(4,5)37-26(39)25-20(3)27(38-33-14-15-34-38)43-28(25)36(30(37)41)16-13-22-17-23(32)11-12-24(22)42-18-21-9-7-6-8-10-21;4-2-1-3-5;1-2/h6-12,14-15,17,19H,13,16,18H2,1-5H3,(H,35,40);5H,1,3H2;2H. The van der Waals surface area contributed by atoms with Crippen LogP contribution in [0.4, 0.5) is 4.39 Å². The second kappa shape index (κ2) is 18.8. The summed E-state index contributed by atoms with van der Waals surface area (Å²) in [6, 6.07) is 15.5. The molecule has 5 aromatic rings. The van der Waals surface area contributed by atoms with Gasteiger partial charge in [-0.25, -0.2) is 13.8 Å². The van der Waals surface area contributed by atoms with E-state index in [0.717, 1.165) is 10.1 Å². The molecule has 0 saturated carbocycles. The zero-order valence-electron chi connectivity index (χ0n) is 28.3. The molecule has 2 N–H and O–H groups in total. The van der Waals surface area contributed by atoms with Crippen LogP contribution in [0.25, 0.3) is 15.2 Å². The average molecular weight is 836 g/mol. The van der Waals surface area contributed by atoms with E-state index in [-0.39, 0.29) is 38.6 Å². The van der Waals surface area contributed by atoms with Crippen LogP contribution >= 0.6 is 42.3 Å². The third-order valence-corrected chi connectivity index (χ3v) is 8.69. The molecular formula is C34H39FIN7O5S2. The average Bonchev–Trinajstić information content (AvgIpc) is 3.74. The number of hydrogen-bond acceptors (Lipinski definition) is 10. The normalized spacial score (nSPS) is 10.9. The molecular weight excluding hydrogens is 796 g/mol. The van der Waals surface area contributed by atoms with E-state index >= 15 is 0 Å². The molecule has 0 radical (unpaired) electrons. The number of thiol groups is 1. The molecule has 12 nitrogen and oxygen atoms in total. The summed E-state index contributed by atoms with van der Waals surface area (Å²) >= 11 is 3.05. The predicted octanol–water partition coefficient (Wildman–Crippen LogP) is 5.49. The summed E-state index contributed by atoms with van der Waals surface area (Å²) in [5.74, 6) is -0.408. The van der Waals surface area contributed by atoms with E-state index in [9.17, 15) is 18.8 Å². The lowest BCUT2D eigenvalue weighted by Gasteiger charge is -2.27. The van der Waals surface area contributed by atoms with E-state index in [1.165, 1.54) is 45.2 Å². The van der Waals surface area contributed by atoms with Crippen LogP contribution in [0.1, 0.15) is 50.8 Å². The monoisotopic (exact) mass is 835 g/mol. The van der Waals surface area contributed by atoms with Crippen molar-refractivity contribution in [2.75, 3.05) is 6.61 Å². The number of fused-ring (bicyclic) bond motifs is 1. The number of aryl methyl sites for hydroxylation is 3. The van der Waals surface area contributed by atoms with Crippen LogP contribution in [0.2, 0.25) is 0 Å². The molecule has 0 fully saturated rings. The molecule has 2 aromatic carbocycles. The van der Waals surface area contributed by atoms with Gasteiger partial charge in [-0.15, -0.1) is 14.6 Å². The van der Waals surface area contributed by atoms with Gasteiger partial charge in [0.25, 0.3) is 5.56 Å². The smallest absolute Gasteiger partial charge is 0.333 e. The number of rotatable bonds is 11. The van der Waals surface area contributed by atoms with Gasteiger partial charge in [-0.1, -0.05) is 41.7 Å². The van der Waals surface area contributed by atoms with Gasteiger partial charge in [0.1, 0.15) is 33.5 Å². The number of benzene rings is 2. The lowest BCUT2D eigenvalue weighted by molar-refractivity contribution is -0.129. The van der Waals surface area contributed by atoms with Gasteiger partial charge >= 0.3 is 5.69 Å². The minimum absolute atomic E-state index is 0.0174. The van der Waals surface area contributed by atoms with Gasteiger partial charge in [0.15, 0.2) is 0 Å². The van der Waals surface area contributed by atoms with E-state index in [1.807, 2.05) is 51.5 Å². The summed E-state index contributed by atoms with van der Waals surface area (Å²) in [4.78, 5) is 43.2. The molecule has 3 heterocycles. The molecule has 16 heteroatoms. The van der Waals surface area contributed by atoms with Crippen molar-refractivity contribution >= 4 is 58.5 Å². The first-order valence-electron chi connectivity index (χ1n) is 15.5. The van der Waals surface area contributed by atoms with Crippen molar-refractivity contribution in [2.45, 2.75) is 72.2 Å². The Morgan fingerprint density at radius 3 is 2.40 bits per heavy atom. The molecule has 0 unspecified atom stereocenters. The van der Waals surface area contributed by atoms with Gasteiger partial charge in [-0.05, 0) is 91.6 Å². The number of amides is 1. The fourth-order valence-corrected chi connectivity index (χ4v) is 6.21. The topological polar surface area (TPSA) is 157 Å². The van der Waals surface area contributed by atoms with E-state index < -0.39 is 28.5 Å². The number of nitrogens with one attached hydrogen (secondary N) is 1. The number of aliphatic hydroxyl groups is 1. The molecule has 0 saturated heterocycles. The molecule has 0 spiro atoms. The lowest BCUT2D eigenvalue weighted by Crippen LogP contribution is -2.56. The van der Waals surface area contributed by atoms with Crippen LogP contribution in [-0.4, -0.2) is 47.8 Å². The van der Waals surface area contributed by atoms with Gasteiger partial charge in [-0.2, -0.15) is 15.5 Å². The fourth-order valence-electron chi connectivity index (χ4n) is 4.98. The predicted molar refractivity (Wildman–Crippen MR) is 204 cm³/mol. The Labute approximate surface area is 310 Å². The van der Waals surface area contributed by atoms with Crippen LogP contribution < -0.4 is 21.3 Å². The Kier molecular flexibility index (Phi) is 15.2. The number of carbonyl (C=O) groups excluding carboxylic acids is 1. The second-order valence-electron chi connectivity index (χ2n) is 11.7. The third-order valence-electron chi connectivity index (χ3n) is 7.41. The number of aromatic nitrogens is 5. The summed E-state index contributed by atoms with van der Waals surface area (Å²) in [5, 5.41) is 27.6. The third kappa shape index (κ3) is 9.59. The van der Waals surface area contributed by atoms with Gasteiger partial charge < -0.3 is 15.2 Å². The summed E-state index contributed by atoms with van der Waals surface area (Å²) in [6.07, 6.45) is 3.52. The molecule has 0 aliphatic carbocycles. The van der Waals surface area contributed by atoms with Crippen LogP contribution in [0, 0.1) is 24.1 Å². The zero-order chi connectivity index (χ0) is 37.0. The minimum Gasteiger partial charge on any atom is -0.489 e. The molecule has 1 amide bonds. The summed E-state index contributed by atoms with van der Waals surface area (Å²) in [5.41, 5.74) is -0.626. The lowest BCUT2D eigenvalue weighted by atomic mass is 10.0. The largest absolute Gasteiger partial charge is 0.489 e. The van der Waals surface area contributed by atoms with Crippen LogP contribution in [0.5, 0.6) is 5.75 Å². The van der Waals surface area contributed by atoms with Crippen molar-refractivity contribution < 1.29 is 19.0 Å². The van der Waals surface area contributed by atoms with Crippen molar-refractivity contribution in [3.8, 4) is 16.8 Å². The molecule has 0 aliphatic rings. The molecule has 0 bridgehead atoms. The highest BCUT2D eigenvalue weighted by atomic mass is 127. The van der Waals surface area contributed by atoms with E-state index in [0.29, 0.717) is 32.1 Å². The first kappa shape index (κ1) is 40.4. The van der Waals surface area contributed by atoms with Gasteiger partial charge in [-0.3, -0.25) is 14.2 Å². The highest BCUT2D eigenvalue weighted by Crippen LogP contribution is 2.31. The van der Waals surface area contributed by atoms with Crippen LogP contribution in [-0.2, 0) is 29.9 Å². The molecule has 5 rings (SSSR count). The van der Waals surface area contributed by atoms with E-state index in [1.54, 1.807) is 46.8 Å². The number of carbonyl (C=O) groups is 1. The van der Waals surface area contributed by atoms with Crippen molar-refractivity contribution in [3.05, 3.63) is 104 Å². The van der Waals surface area contributed by atoms with Gasteiger partial charge in [0, 0.05) is 18.2 Å². The van der Waals surface area contributed by atoms with Gasteiger partial charge in [0.2, 0.25) is 5.91 Å². The number of ether oxygens (including phenoxy) is 1. The summed E-state index contributed by atoms with van der Waals surface area (Å²) < 4.78 is 22.9. The zero-order valence-corrected chi connectivity index (χ0v) is 32.1. The maximum atomic E-state index is 14.4. The summed E-state index contributed by atoms with van der Waals surface area (Å²) in [6.45, 7) is 8.83. The van der Waals surface area contributed by atoms with Crippen LogP contribution in [0.3, 0.4) is 0 Å². The highest BCUT2D eigenvalue weighted by Gasteiger charge is 2.35. The number of aliphatic hydroxyl groups excluding tert-OH is 1. The van der Waals surface area contributed by atoms with Crippen molar-refractivity contribution in [2.24, 2.45) is 0 Å². The molecule has 50 heavy (non-hydrogen) atoms. The quantitative estimate of drug-likeness (QED) is 0.117. The van der Waals surface area contributed by atoms with Crippen LogP contribution in [0.15, 0.2) is 70.5 Å². The highest BCUT2D eigenvalue weighted by molar-refractivity contribution is 14.2. The number of thiophene rings is 1. The maximum absolute atomic E-state index is 14.4. The minimum atomic E-state index is -1.50.